The van der Waals surface area contributed by atoms with Gasteiger partial charge in [-0.05, 0) is 273 Å². The number of hydrogen-bond donors (Lipinski definition) is 5. The van der Waals surface area contributed by atoms with Crippen molar-refractivity contribution in [1.82, 2.24) is 0 Å². The summed E-state index contributed by atoms with van der Waals surface area (Å²) in [4.78, 5) is 27.4. The predicted octanol–water partition coefficient (Wildman–Crippen LogP) is 23.9. The highest BCUT2D eigenvalue weighted by atomic mass is 32.2. The Bertz CT molecular complexity index is 6410. The molecule has 0 saturated heterocycles. The van der Waals surface area contributed by atoms with Gasteiger partial charge in [0.15, 0.2) is 0 Å². The zero-order valence-corrected chi connectivity index (χ0v) is 79.4. The number of para-hydroxylation sites is 5. The van der Waals surface area contributed by atoms with Crippen molar-refractivity contribution in [1.29, 1.82) is 0 Å². The number of aromatic hydroxyl groups is 2. The number of nitrogens with one attached hydrogen (secondary N) is 2. The number of hydrogen-bond acceptors (Lipinski definition) is 19. The quantitative estimate of drug-likeness (QED) is 0.0100. The van der Waals surface area contributed by atoms with Crippen LogP contribution in [0.4, 0.5) is 41.6 Å². The number of methoxy groups -OCH3 is 2. The van der Waals surface area contributed by atoms with Crippen LogP contribution >= 0.6 is 0 Å². The van der Waals surface area contributed by atoms with Gasteiger partial charge in [0.25, 0.3) is 10.1 Å². The molecule has 0 unspecified atom stereocenters. The zero-order valence-electron chi connectivity index (χ0n) is 77.7. The fourth-order valence-corrected chi connectivity index (χ4v) is 17.0. The van der Waals surface area contributed by atoms with Crippen molar-refractivity contribution in [3.05, 3.63) is 455 Å². The van der Waals surface area contributed by atoms with Crippen molar-refractivity contribution in [2.75, 3.05) is 46.6 Å². The first kappa shape index (κ1) is 103. The normalized spacial score (nSPS) is 14.9. The number of phenols is 2. The number of halogens is 3. The maximum absolute atomic E-state index is 12.8. The summed E-state index contributed by atoms with van der Waals surface area (Å²) in [7, 11) is -6.54. The van der Waals surface area contributed by atoms with Crippen molar-refractivity contribution in [3.8, 4) is 28.7 Å². The summed E-state index contributed by atoms with van der Waals surface area (Å²) in [6.45, 7) is 11.4. The Hall–Kier alpha value is -14.9. The van der Waals surface area contributed by atoms with Gasteiger partial charge >= 0.3 is 27.6 Å². The molecule has 16 rings (SSSR count). The summed E-state index contributed by atoms with van der Waals surface area (Å²) in [6, 6.07) is 120. The first-order chi connectivity index (χ1) is 65.9. The summed E-state index contributed by atoms with van der Waals surface area (Å²) < 4.78 is 114. The van der Waals surface area contributed by atoms with Crippen LogP contribution < -0.4 is 39.8 Å². The molecule has 0 spiro atoms. The first-order valence-corrected chi connectivity index (χ1v) is 48.1. The van der Waals surface area contributed by atoms with Crippen molar-refractivity contribution in [2.24, 2.45) is 0 Å². The Morgan fingerprint density at radius 1 is 0.431 bits per heavy atom. The number of carbonyl (C=O) groups excluding carboxylic acids is 2. The average molecular weight is 1890 g/mol. The van der Waals surface area contributed by atoms with Gasteiger partial charge in [-0.1, -0.05) is 249 Å². The van der Waals surface area contributed by atoms with Crippen LogP contribution in [0.2, 0.25) is 0 Å². The number of ether oxygens (including phenoxy) is 4. The van der Waals surface area contributed by atoms with Crippen LogP contribution in [0.3, 0.4) is 0 Å². The minimum Gasteiger partial charge on any atom is -0.508 e. The molecule has 0 bridgehead atoms. The maximum atomic E-state index is 12.8. The summed E-state index contributed by atoms with van der Waals surface area (Å²) in [6.07, 6.45) is 10.5. The lowest BCUT2D eigenvalue weighted by Crippen LogP contribution is -2.42. The summed E-state index contributed by atoms with van der Waals surface area (Å²) in [5.74, 6) is 1.07. The Morgan fingerprint density at radius 3 is 1.19 bits per heavy atom. The van der Waals surface area contributed by atoms with Crippen LogP contribution in [0.25, 0.3) is 12.2 Å². The molecule has 0 aliphatic carbocycles. The molecule has 0 amide bonds. The molecule has 2 aliphatic rings. The molecular formula is C113H116F3N5O14S2. The minimum atomic E-state index is -5.78. The summed E-state index contributed by atoms with van der Waals surface area (Å²) in [5, 5.41) is 26.4. The van der Waals surface area contributed by atoms with Crippen molar-refractivity contribution in [3.63, 3.8) is 0 Å². The molecule has 0 fully saturated rings. The van der Waals surface area contributed by atoms with Gasteiger partial charge in [-0.15, -0.1) is 0 Å². The third-order valence-electron chi connectivity index (χ3n) is 22.0. The lowest BCUT2D eigenvalue weighted by Gasteiger charge is -2.44. The van der Waals surface area contributed by atoms with Crippen molar-refractivity contribution in [2.45, 2.75) is 128 Å². The molecule has 19 nitrogen and oxygen atoms in total. The van der Waals surface area contributed by atoms with Crippen LogP contribution in [-0.4, -0.2) is 95.2 Å². The van der Waals surface area contributed by atoms with Crippen LogP contribution in [0.1, 0.15) is 119 Å². The van der Waals surface area contributed by atoms with Gasteiger partial charge in [-0.2, -0.15) is 30.0 Å². The second-order valence-electron chi connectivity index (χ2n) is 33.1. The molecule has 0 saturated carbocycles. The van der Waals surface area contributed by atoms with Gasteiger partial charge in [0, 0.05) is 64.8 Å². The number of phenolic OH excluding ortho intramolecular Hbond substituents is 2. The molecule has 6 N–H and O–H groups in total. The Kier molecular flexibility index (Phi) is 38.2. The number of benzene rings is 14. The average Bonchev–Trinajstić information content (AvgIpc) is 0.761. The zero-order chi connectivity index (χ0) is 97.7. The Morgan fingerprint density at radius 2 is 0.796 bits per heavy atom. The van der Waals surface area contributed by atoms with Crippen molar-refractivity contribution >= 4 is 72.8 Å². The second kappa shape index (κ2) is 51.0. The first-order valence-electron chi connectivity index (χ1n) is 44.9. The van der Waals surface area contributed by atoms with E-state index in [1.807, 2.05) is 256 Å². The van der Waals surface area contributed by atoms with Gasteiger partial charge in [-0.25, -0.2) is 9.59 Å². The van der Waals surface area contributed by atoms with Crippen LogP contribution in [0.15, 0.2) is 382 Å². The molecule has 0 radical (unpaired) electrons. The Balaban J connectivity index is 0.000000164. The van der Waals surface area contributed by atoms with Gasteiger partial charge in [0.1, 0.15) is 42.0 Å². The van der Waals surface area contributed by atoms with Crippen LogP contribution in [-0.2, 0) is 88.8 Å². The maximum Gasteiger partial charge on any atom is 0.534 e. The van der Waals surface area contributed by atoms with Crippen molar-refractivity contribution < 1.29 is 77.1 Å². The molecule has 710 valence electrons. The van der Waals surface area contributed by atoms with E-state index in [9.17, 15) is 49.8 Å². The van der Waals surface area contributed by atoms with E-state index in [-0.39, 0.29) is 30.1 Å². The fourth-order valence-electron chi connectivity index (χ4n) is 15.9. The lowest BCUT2D eigenvalue weighted by molar-refractivity contribution is -0.135. The third kappa shape index (κ3) is 33.0. The number of esters is 2. The number of nitrogens with zero attached hydrogens (tertiary/aromatic N) is 2. The monoisotopic (exact) mass is 1890 g/mol. The molecule has 0 aromatic heterocycles. The van der Waals surface area contributed by atoms with E-state index < -0.39 is 43.6 Å². The molecular weight excluding hydrogens is 1770 g/mol. The standard InChI is InChI=1S/C27H24F3NO5S.C26H25NO3.C22H23NO.C17H20O4S.C15H17NO.C6H7N/c1-18-16-21-17-23(36-37(33,34)27(28,29)30)13-14-24(21)26(31(18)22-6-4-3-5-7-22)20-11-8-19(9-12-20)10-15-25(32)35-2;1-18-16-21-17-23(28)13-14-24(21)26(27(18)22-6-4-3-5-7-22)20-11-8-19(9-12-20)10-15-25(29)30-2;1-18(23-21-12-6-3-7-13-21)15-20-11-8-14-22(16-20)24-17-19-9-4-2-5-10-19;1-14(21-22(2,18)19)11-16-9-6-10-17(12-16)20-13-15-7-4-3-5-8-15;1-12(16-14-7-3-2-4-8-14)10-13-6-5-9-15(17)11-13;7-6-4-2-1-3-5-6/h3-15,17-18,26H,16H2,1-2H3;3-15,17-18,26,28H,16H2,1-2H3;2-14,16,18,23H,15,17H2,1H3;3-10,12,14H,11,13H2,1-2H3;2-9,11-12,16-17H,10H2,1H3;1-5H,7H2/b2*15-10+;;;;/t2*18-,26-;18-;14-;12-;/m11101./s1. The van der Waals surface area contributed by atoms with E-state index in [0.29, 0.717) is 55.2 Å². The SMILES string of the molecule is COC(=O)/C=C/c1ccc([C@@H]2c3ccc(O)cc3C[C@@H](C)N2c2ccccc2)cc1.COC(=O)/C=C/c1ccc([C@@H]2c3ccc(OS(=O)(=O)C(F)(F)F)cc3C[C@@H](C)N2c2ccccc2)cc1.C[C@@H](Cc1cccc(OCc2ccccc2)c1)OS(C)(=O)=O.C[C@H](Cc1cccc(O)c1)Nc1ccccc1.C[C@H](Cc1cccc(OCc2ccccc2)c1)Nc1ccccc1.Nc1ccccc1. The highest BCUT2D eigenvalue weighted by molar-refractivity contribution is 7.88. The van der Waals surface area contributed by atoms with Gasteiger partial charge in [-0.3, -0.25) is 4.18 Å². The summed E-state index contributed by atoms with van der Waals surface area (Å²) >= 11 is 0. The molecule has 137 heavy (non-hydrogen) atoms. The molecule has 14 aromatic rings. The van der Waals surface area contributed by atoms with E-state index in [1.165, 1.54) is 66.4 Å². The number of alkyl halides is 3. The number of nitrogen functional groups attached to an aromatic ring is 1. The molecule has 14 aromatic carbocycles. The van der Waals surface area contributed by atoms with Crippen LogP contribution in [0, 0.1) is 0 Å². The number of nitrogens with two attached hydrogens (primary N) is 1. The highest BCUT2D eigenvalue weighted by Crippen LogP contribution is 2.45. The molecule has 2 aliphatic heterocycles. The van der Waals surface area contributed by atoms with Crippen LogP contribution in [0.5, 0.6) is 28.7 Å². The van der Waals surface area contributed by atoms with E-state index in [1.54, 1.807) is 37.3 Å². The number of carbonyl (C=O) groups is 2. The van der Waals surface area contributed by atoms with E-state index in [2.05, 4.69) is 146 Å². The second-order valence-corrected chi connectivity index (χ2v) is 36.3. The lowest BCUT2D eigenvalue weighted by atomic mass is 9.84. The van der Waals surface area contributed by atoms with Gasteiger partial charge < -0.3 is 59.5 Å². The number of anilines is 5. The highest BCUT2D eigenvalue weighted by Gasteiger charge is 2.49. The number of rotatable bonds is 28. The minimum absolute atomic E-state index is 0.0328. The fraction of sp³-hybridized carbons (Fsp3) is 0.204. The van der Waals surface area contributed by atoms with Gasteiger partial charge in [0.2, 0.25) is 0 Å². The van der Waals surface area contributed by atoms with E-state index >= 15 is 0 Å². The number of fused-ring (bicyclic) bond motifs is 2. The van der Waals surface area contributed by atoms with E-state index in [4.69, 9.17) is 19.4 Å². The third-order valence-corrected chi connectivity index (χ3v) is 23.7. The molecule has 2 heterocycles. The van der Waals surface area contributed by atoms with E-state index in [0.717, 1.165) is 104 Å². The topological polar surface area (TPSA) is 255 Å². The van der Waals surface area contributed by atoms with Gasteiger partial charge in [0.05, 0.1) is 38.7 Å². The molecule has 24 heteroatoms. The summed E-state index contributed by atoms with van der Waals surface area (Å²) in [5.41, 5.74) is 18.4. The largest absolute Gasteiger partial charge is 0.534 e. The predicted molar refractivity (Wildman–Crippen MR) is 542 cm³/mol. The molecule has 7 atom stereocenters. The Labute approximate surface area is 802 Å². The smallest absolute Gasteiger partial charge is 0.508 e.